The first kappa shape index (κ1) is 12.9. The van der Waals surface area contributed by atoms with E-state index in [4.69, 9.17) is 5.26 Å². The summed E-state index contributed by atoms with van der Waals surface area (Å²) in [5.74, 6) is -0.341. The zero-order valence-corrected chi connectivity index (χ0v) is 10.6. The van der Waals surface area contributed by atoms with Crippen molar-refractivity contribution in [1.29, 1.82) is 5.26 Å². The quantitative estimate of drug-likeness (QED) is 0.890. The van der Waals surface area contributed by atoms with E-state index in [1.54, 1.807) is 47.2 Å². The first-order valence-electron chi connectivity index (χ1n) is 5.91. The highest BCUT2D eigenvalue weighted by molar-refractivity contribution is 5.95. The number of hydrogen-bond acceptors (Lipinski definition) is 3. The van der Waals surface area contributed by atoms with Crippen molar-refractivity contribution < 1.29 is 9.59 Å². The summed E-state index contributed by atoms with van der Waals surface area (Å²) in [6.45, 7) is 1.37. The number of likely N-dealkylation sites (N-methyl/N-ethyl adjacent to an activating group) is 1. The molecule has 0 radical (unpaired) electrons. The van der Waals surface area contributed by atoms with Crippen molar-refractivity contribution >= 4 is 23.3 Å². The van der Waals surface area contributed by atoms with Gasteiger partial charge in [0.25, 0.3) is 0 Å². The lowest BCUT2D eigenvalue weighted by Gasteiger charge is -2.16. The van der Waals surface area contributed by atoms with Crippen LogP contribution in [0.25, 0.3) is 0 Å². The van der Waals surface area contributed by atoms with Crippen LogP contribution in [0.5, 0.6) is 0 Å². The summed E-state index contributed by atoms with van der Waals surface area (Å²) in [4.78, 5) is 26.4. The minimum Gasteiger partial charge on any atom is -0.326 e. The molecule has 6 heteroatoms. The Morgan fingerprint density at radius 1 is 1.37 bits per heavy atom. The molecule has 1 aromatic rings. The van der Waals surface area contributed by atoms with Gasteiger partial charge in [-0.2, -0.15) is 5.26 Å². The molecule has 0 atom stereocenters. The smallest absolute Gasteiger partial charge is 0.324 e. The Bertz CT molecular complexity index is 533. The van der Waals surface area contributed by atoms with E-state index in [9.17, 15) is 9.59 Å². The number of benzene rings is 1. The summed E-state index contributed by atoms with van der Waals surface area (Å²) in [6, 6.07) is 8.75. The standard InChI is InChI=1S/C13H14N4O2/c1-16-8-9-17(13(16)19)11-4-2-10(3-5-11)15-12(18)6-7-14/h2-5H,6,8-9H2,1H3,(H,15,18). The Labute approximate surface area is 111 Å². The molecule has 0 saturated carbocycles. The summed E-state index contributed by atoms with van der Waals surface area (Å²) in [5, 5.41) is 11.0. The van der Waals surface area contributed by atoms with Crippen molar-refractivity contribution in [3.8, 4) is 6.07 Å². The van der Waals surface area contributed by atoms with E-state index in [1.165, 1.54) is 0 Å². The average Bonchev–Trinajstić information content (AvgIpc) is 2.71. The highest BCUT2D eigenvalue weighted by Crippen LogP contribution is 2.21. The van der Waals surface area contributed by atoms with Gasteiger partial charge >= 0.3 is 6.03 Å². The Hall–Kier alpha value is -2.55. The molecule has 1 fully saturated rings. The monoisotopic (exact) mass is 258 g/mol. The first-order valence-corrected chi connectivity index (χ1v) is 5.91. The molecular formula is C13H14N4O2. The molecule has 1 aromatic carbocycles. The van der Waals surface area contributed by atoms with Gasteiger partial charge < -0.3 is 10.2 Å². The topological polar surface area (TPSA) is 76.4 Å². The minimum atomic E-state index is -0.341. The maximum Gasteiger partial charge on any atom is 0.324 e. The minimum absolute atomic E-state index is 0.0266. The van der Waals surface area contributed by atoms with E-state index < -0.39 is 0 Å². The number of amides is 3. The Balaban J connectivity index is 2.05. The Kier molecular flexibility index (Phi) is 3.66. The molecule has 3 amide bonds. The van der Waals surface area contributed by atoms with Crippen molar-refractivity contribution in [2.75, 3.05) is 30.4 Å². The second kappa shape index (κ2) is 5.40. The van der Waals surface area contributed by atoms with Crippen LogP contribution in [0, 0.1) is 11.3 Å². The molecule has 0 spiro atoms. The van der Waals surface area contributed by atoms with Gasteiger partial charge in [0, 0.05) is 31.5 Å². The van der Waals surface area contributed by atoms with Gasteiger partial charge in [-0.1, -0.05) is 0 Å². The van der Waals surface area contributed by atoms with Crippen LogP contribution in [-0.4, -0.2) is 37.0 Å². The van der Waals surface area contributed by atoms with Crippen LogP contribution in [0.4, 0.5) is 16.2 Å². The number of carbonyl (C=O) groups is 2. The van der Waals surface area contributed by atoms with Gasteiger partial charge in [0.2, 0.25) is 5.91 Å². The third kappa shape index (κ3) is 2.83. The molecule has 98 valence electrons. The van der Waals surface area contributed by atoms with Gasteiger partial charge in [-0.05, 0) is 24.3 Å². The Morgan fingerprint density at radius 2 is 2.05 bits per heavy atom. The van der Waals surface area contributed by atoms with Crippen molar-refractivity contribution in [3.05, 3.63) is 24.3 Å². The van der Waals surface area contributed by atoms with Crippen molar-refractivity contribution in [2.45, 2.75) is 6.42 Å². The maximum absolute atomic E-state index is 11.8. The first-order chi connectivity index (χ1) is 9.11. The number of rotatable bonds is 3. The van der Waals surface area contributed by atoms with Gasteiger partial charge in [-0.25, -0.2) is 4.79 Å². The second-order valence-electron chi connectivity index (χ2n) is 4.29. The molecule has 1 saturated heterocycles. The van der Waals surface area contributed by atoms with Crippen LogP contribution >= 0.6 is 0 Å². The molecule has 6 nitrogen and oxygen atoms in total. The van der Waals surface area contributed by atoms with Crippen LogP contribution in [0.2, 0.25) is 0 Å². The SMILES string of the molecule is CN1CCN(c2ccc(NC(=O)CC#N)cc2)C1=O. The normalized spacial score (nSPS) is 14.4. The lowest BCUT2D eigenvalue weighted by molar-refractivity contribution is -0.115. The summed E-state index contributed by atoms with van der Waals surface area (Å²) in [5.41, 5.74) is 1.41. The van der Waals surface area contributed by atoms with E-state index >= 15 is 0 Å². The third-order valence-electron chi connectivity index (χ3n) is 2.92. The fourth-order valence-electron chi connectivity index (χ4n) is 1.89. The number of nitriles is 1. The molecule has 0 bridgehead atoms. The maximum atomic E-state index is 11.8. The van der Waals surface area contributed by atoms with E-state index in [-0.39, 0.29) is 18.4 Å². The number of urea groups is 1. The predicted octanol–water partition coefficient (Wildman–Crippen LogP) is 1.41. The van der Waals surface area contributed by atoms with Gasteiger partial charge in [-0.3, -0.25) is 9.69 Å². The van der Waals surface area contributed by atoms with E-state index in [0.717, 1.165) is 5.69 Å². The van der Waals surface area contributed by atoms with Gasteiger partial charge in [0.05, 0.1) is 6.07 Å². The molecule has 1 aliphatic rings. The number of hydrogen-bond donors (Lipinski definition) is 1. The number of nitrogens with zero attached hydrogens (tertiary/aromatic N) is 3. The zero-order chi connectivity index (χ0) is 13.8. The zero-order valence-electron chi connectivity index (χ0n) is 10.6. The van der Waals surface area contributed by atoms with Crippen LogP contribution in [0.1, 0.15) is 6.42 Å². The van der Waals surface area contributed by atoms with Gasteiger partial charge in [-0.15, -0.1) is 0 Å². The summed E-state index contributed by atoms with van der Waals surface area (Å²) in [7, 11) is 1.76. The molecule has 0 unspecified atom stereocenters. The predicted molar refractivity (Wildman–Crippen MR) is 70.7 cm³/mol. The second-order valence-corrected chi connectivity index (χ2v) is 4.29. The molecule has 1 heterocycles. The van der Waals surface area contributed by atoms with Gasteiger partial charge in [0.15, 0.2) is 0 Å². The molecular weight excluding hydrogens is 244 g/mol. The van der Waals surface area contributed by atoms with E-state index in [2.05, 4.69) is 5.32 Å². The lowest BCUT2D eigenvalue weighted by Crippen LogP contribution is -2.29. The van der Waals surface area contributed by atoms with Crippen LogP contribution < -0.4 is 10.2 Å². The van der Waals surface area contributed by atoms with Crippen molar-refractivity contribution in [2.24, 2.45) is 0 Å². The highest BCUT2D eigenvalue weighted by Gasteiger charge is 2.26. The fraction of sp³-hybridized carbons (Fsp3) is 0.308. The number of anilines is 2. The molecule has 0 aliphatic carbocycles. The summed E-state index contributed by atoms with van der Waals surface area (Å²) in [6.07, 6.45) is -0.169. The summed E-state index contributed by atoms with van der Waals surface area (Å²) < 4.78 is 0. The lowest BCUT2D eigenvalue weighted by atomic mass is 10.2. The number of carbonyl (C=O) groups excluding carboxylic acids is 2. The van der Waals surface area contributed by atoms with Crippen LogP contribution in [-0.2, 0) is 4.79 Å². The third-order valence-corrected chi connectivity index (χ3v) is 2.92. The fourth-order valence-corrected chi connectivity index (χ4v) is 1.89. The number of nitrogens with one attached hydrogen (secondary N) is 1. The van der Waals surface area contributed by atoms with Crippen LogP contribution in [0.3, 0.4) is 0 Å². The molecule has 19 heavy (non-hydrogen) atoms. The van der Waals surface area contributed by atoms with Gasteiger partial charge in [0.1, 0.15) is 6.42 Å². The largest absolute Gasteiger partial charge is 0.326 e. The van der Waals surface area contributed by atoms with Crippen molar-refractivity contribution in [1.82, 2.24) is 4.90 Å². The average molecular weight is 258 g/mol. The van der Waals surface area contributed by atoms with E-state index in [0.29, 0.717) is 18.8 Å². The molecule has 1 N–H and O–H groups in total. The van der Waals surface area contributed by atoms with Crippen molar-refractivity contribution in [3.63, 3.8) is 0 Å². The molecule has 2 rings (SSSR count). The Morgan fingerprint density at radius 3 is 2.58 bits per heavy atom. The van der Waals surface area contributed by atoms with E-state index in [1.807, 2.05) is 0 Å². The highest BCUT2D eigenvalue weighted by atomic mass is 16.2. The molecule has 1 aliphatic heterocycles. The molecule has 0 aromatic heterocycles. The summed E-state index contributed by atoms with van der Waals surface area (Å²) >= 11 is 0. The van der Waals surface area contributed by atoms with Crippen LogP contribution in [0.15, 0.2) is 24.3 Å².